The number of fused-ring (bicyclic) bond motifs is 1. The molecule has 2 fully saturated rings. The van der Waals surface area contributed by atoms with E-state index in [4.69, 9.17) is 18.0 Å². The zero-order valence-corrected chi connectivity index (χ0v) is 13.5. The van der Waals surface area contributed by atoms with Crippen molar-refractivity contribution in [2.75, 3.05) is 26.2 Å². The summed E-state index contributed by atoms with van der Waals surface area (Å²) in [6, 6.07) is 0.541. The van der Waals surface area contributed by atoms with Gasteiger partial charge in [0.25, 0.3) is 0 Å². The quantitative estimate of drug-likeness (QED) is 0.804. The summed E-state index contributed by atoms with van der Waals surface area (Å²) in [4.78, 5) is 17.9. The Hall–Kier alpha value is -0.680. The fraction of sp³-hybridized carbons (Fsp3) is 0.867. The molecule has 1 amide bonds. The number of thiocarbonyl (C=S) groups is 1. The largest absolute Gasteiger partial charge is 0.392 e. The van der Waals surface area contributed by atoms with Crippen LogP contribution in [0, 0.1) is 5.41 Å². The van der Waals surface area contributed by atoms with E-state index in [9.17, 15) is 4.79 Å². The number of hydrogen-bond acceptors (Lipinski definition) is 3. The summed E-state index contributed by atoms with van der Waals surface area (Å²) in [5.41, 5.74) is 5.28. The van der Waals surface area contributed by atoms with Crippen molar-refractivity contribution in [1.82, 2.24) is 9.80 Å². The van der Waals surface area contributed by atoms with Crippen LogP contribution in [0.4, 0.5) is 0 Å². The second kappa shape index (κ2) is 6.39. The third-order valence-corrected chi connectivity index (χ3v) is 5.57. The molecule has 0 spiro atoms. The lowest BCUT2D eigenvalue weighted by Crippen LogP contribution is -2.52. The monoisotopic (exact) mass is 297 g/mol. The van der Waals surface area contributed by atoms with Crippen LogP contribution in [-0.4, -0.2) is 52.9 Å². The highest BCUT2D eigenvalue weighted by molar-refractivity contribution is 7.80. The van der Waals surface area contributed by atoms with Crippen LogP contribution in [-0.2, 0) is 4.79 Å². The van der Waals surface area contributed by atoms with Crippen molar-refractivity contribution in [1.29, 1.82) is 0 Å². The average molecular weight is 297 g/mol. The van der Waals surface area contributed by atoms with E-state index >= 15 is 0 Å². The first-order chi connectivity index (χ1) is 9.55. The molecule has 1 atom stereocenters. The fourth-order valence-electron chi connectivity index (χ4n) is 3.70. The Labute approximate surface area is 127 Å². The predicted molar refractivity (Wildman–Crippen MR) is 85.6 cm³/mol. The zero-order chi connectivity index (χ0) is 14.8. The number of carbonyl (C=O) groups is 1. The Kier molecular flexibility index (Phi) is 5.02. The van der Waals surface area contributed by atoms with E-state index < -0.39 is 5.41 Å². The van der Waals surface area contributed by atoms with E-state index in [0.29, 0.717) is 23.9 Å². The number of nitrogens with two attached hydrogens (primary N) is 1. The Morgan fingerprint density at radius 2 is 1.90 bits per heavy atom. The molecule has 0 aromatic rings. The Morgan fingerprint density at radius 3 is 2.50 bits per heavy atom. The highest BCUT2D eigenvalue weighted by Gasteiger charge is 2.42. The lowest BCUT2D eigenvalue weighted by atomic mass is 9.80. The summed E-state index contributed by atoms with van der Waals surface area (Å²) in [5.74, 6) is 0.156. The summed E-state index contributed by atoms with van der Waals surface area (Å²) >= 11 is 5.22. The smallest absolute Gasteiger partial charge is 0.235 e. The van der Waals surface area contributed by atoms with Gasteiger partial charge in [-0.1, -0.05) is 26.1 Å². The van der Waals surface area contributed by atoms with Crippen molar-refractivity contribution < 1.29 is 4.79 Å². The van der Waals surface area contributed by atoms with Crippen LogP contribution in [0.25, 0.3) is 0 Å². The first kappa shape index (κ1) is 15.7. The Morgan fingerprint density at radius 1 is 1.25 bits per heavy atom. The molecule has 0 aromatic carbocycles. The molecule has 2 aliphatic heterocycles. The van der Waals surface area contributed by atoms with Gasteiger partial charge in [0.2, 0.25) is 5.91 Å². The van der Waals surface area contributed by atoms with Crippen molar-refractivity contribution in [2.45, 2.75) is 52.0 Å². The molecule has 0 bridgehead atoms. The molecular formula is C15H27N3OS. The summed E-state index contributed by atoms with van der Waals surface area (Å²) in [7, 11) is 0. The second-order valence-electron chi connectivity index (χ2n) is 6.09. The second-order valence-corrected chi connectivity index (χ2v) is 6.53. The van der Waals surface area contributed by atoms with Gasteiger partial charge in [-0.3, -0.25) is 9.69 Å². The molecular weight excluding hydrogens is 270 g/mol. The SMILES string of the molecule is CCC(CC)(C(=O)N1CCCN2CCCC2C1)C(N)=S. The van der Waals surface area contributed by atoms with Gasteiger partial charge in [-0.2, -0.15) is 0 Å². The average Bonchev–Trinajstić information content (AvgIpc) is 2.77. The van der Waals surface area contributed by atoms with Crippen LogP contribution < -0.4 is 5.73 Å². The molecule has 2 heterocycles. The highest BCUT2D eigenvalue weighted by Crippen LogP contribution is 2.31. The van der Waals surface area contributed by atoms with E-state index in [2.05, 4.69) is 4.90 Å². The number of rotatable bonds is 4. The lowest BCUT2D eigenvalue weighted by molar-refractivity contribution is -0.139. The van der Waals surface area contributed by atoms with Gasteiger partial charge >= 0.3 is 0 Å². The van der Waals surface area contributed by atoms with E-state index in [-0.39, 0.29) is 5.91 Å². The number of carbonyl (C=O) groups excluding carboxylic acids is 1. The van der Waals surface area contributed by atoms with E-state index in [1.165, 1.54) is 19.4 Å². The fourth-order valence-corrected chi connectivity index (χ4v) is 4.08. The van der Waals surface area contributed by atoms with Gasteiger partial charge in [-0.25, -0.2) is 0 Å². The van der Waals surface area contributed by atoms with Crippen molar-refractivity contribution in [3.05, 3.63) is 0 Å². The molecule has 2 N–H and O–H groups in total. The number of amides is 1. The molecule has 0 saturated carbocycles. The number of nitrogens with zero attached hydrogens (tertiary/aromatic N) is 2. The van der Waals surface area contributed by atoms with Crippen LogP contribution in [0.5, 0.6) is 0 Å². The summed E-state index contributed by atoms with van der Waals surface area (Å²) in [6.07, 6.45) is 4.92. The van der Waals surface area contributed by atoms with Gasteiger partial charge in [-0.05, 0) is 38.6 Å². The third kappa shape index (κ3) is 2.70. The third-order valence-electron chi connectivity index (χ3n) is 5.18. The van der Waals surface area contributed by atoms with Crippen LogP contribution in [0.15, 0.2) is 0 Å². The maximum Gasteiger partial charge on any atom is 0.235 e. The summed E-state index contributed by atoms with van der Waals surface area (Å²) < 4.78 is 0. The minimum Gasteiger partial charge on any atom is -0.392 e. The lowest BCUT2D eigenvalue weighted by Gasteiger charge is -2.36. The summed E-state index contributed by atoms with van der Waals surface area (Å²) in [6.45, 7) is 8.03. The van der Waals surface area contributed by atoms with Crippen molar-refractivity contribution in [2.24, 2.45) is 11.1 Å². The first-order valence-corrected chi connectivity index (χ1v) is 8.29. The minimum absolute atomic E-state index is 0.156. The molecule has 5 heteroatoms. The molecule has 114 valence electrons. The van der Waals surface area contributed by atoms with Gasteiger partial charge < -0.3 is 10.6 Å². The Balaban J connectivity index is 2.16. The molecule has 0 radical (unpaired) electrons. The zero-order valence-electron chi connectivity index (χ0n) is 12.7. The van der Waals surface area contributed by atoms with Gasteiger partial charge in [0.05, 0.1) is 10.4 Å². The molecule has 20 heavy (non-hydrogen) atoms. The topological polar surface area (TPSA) is 49.6 Å². The molecule has 1 unspecified atom stereocenters. The van der Waals surface area contributed by atoms with Gasteiger partial charge in [0.1, 0.15) is 0 Å². The van der Waals surface area contributed by atoms with Crippen LogP contribution in [0.3, 0.4) is 0 Å². The standard InChI is InChI=1S/C15H27N3OS/c1-3-15(4-2,13(16)20)14(19)18-10-6-9-17-8-5-7-12(17)11-18/h12H,3-11H2,1-2H3,(H2,16,20). The van der Waals surface area contributed by atoms with E-state index in [0.717, 1.165) is 26.1 Å². The Bertz CT molecular complexity index is 381. The van der Waals surface area contributed by atoms with E-state index in [1.807, 2.05) is 18.7 Å². The van der Waals surface area contributed by atoms with Crippen molar-refractivity contribution in [3.8, 4) is 0 Å². The predicted octanol–water partition coefficient (Wildman–Crippen LogP) is 1.78. The molecule has 4 nitrogen and oxygen atoms in total. The van der Waals surface area contributed by atoms with Crippen LogP contribution >= 0.6 is 12.2 Å². The van der Waals surface area contributed by atoms with Crippen LogP contribution in [0.2, 0.25) is 0 Å². The molecule has 2 saturated heterocycles. The maximum atomic E-state index is 13.0. The molecule has 2 aliphatic rings. The molecule has 0 aromatic heterocycles. The highest BCUT2D eigenvalue weighted by atomic mass is 32.1. The minimum atomic E-state index is -0.636. The summed E-state index contributed by atoms with van der Waals surface area (Å²) in [5, 5.41) is 0. The van der Waals surface area contributed by atoms with Crippen molar-refractivity contribution >= 4 is 23.1 Å². The molecule has 2 rings (SSSR count). The van der Waals surface area contributed by atoms with Crippen molar-refractivity contribution in [3.63, 3.8) is 0 Å². The normalized spacial score (nSPS) is 24.3. The van der Waals surface area contributed by atoms with Gasteiger partial charge in [-0.15, -0.1) is 0 Å². The van der Waals surface area contributed by atoms with Gasteiger partial charge in [0, 0.05) is 25.7 Å². The molecule has 0 aliphatic carbocycles. The number of hydrogen-bond donors (Lipinski definition) is 1. The van der Waals surface area contributed by atoms with Crippen LogP contribution in [0.1, 0.15) is 46.0 Å². The maximum absolute atomic E-state index is 13.0. The van der Waals surface area contributed by atoms with E-state index in [1.54, 1.807) is 0 Å². The first-order valence-electron chi connectivity index (χ1n) is 7.88. The van der Waals surface area contributed by atoms with Gasteiger partial charge in [0.15, 0.2) is 0 Å².